The van der Waals surface area contributed by atoms with Gasteiger partial charge >= 0.3 is 0 Å². The molecule has 0 saturated carbocycles. The Hall–Kier alpha value is -2.98. The van der Waals surface area contributed by atoms with Crippen LogP contribution in [0.1, 0.15) is 40.0 Å². The van der Waals surface area contributed by atoms with E-state index in [0.29, 0.717) is 36.4 Å². The van der Waals surface area contributed by atoms with Crippen LogP contribution >= 0.6 is 43.2 Å². The van der Waals surface area contributed by atoms with Crippen molar-refractivity contribution >= 4 is 60.2 Å². The molecule has 0 radical (unpaired) electrons. The van der Waals surface area contributed by atoms with Crippen LogP contribution in [0.5, 0.6) is 5.75 Å². The summed E-state index contributed by atoms with van der Waals surface area (Å²) in [6, 6.07) is 13.9. The summed E-state index contributed by atoms with van der Waals surface area (Å²) in [6.45, 7) is 0.0386. The van der Waals surface area contributed by atoms with Crippen LogP contribution in [0, 0.1) is 28.5 Å². The van der Waals surface area contributed by atoms with Crippen LogP contribution in [0.4, 0.5) is 9.39 Å². The maximum absolute atomic E-state index is 13.9. The molecule has 176 valence electrons. The number of benzene rings is 2. The van der Waals surface area contributed by atoms with Gasteiger partial charge in [0.25, 0.3) is 5.91 Å². The third-order valence-electron chi connectivity index (χ3n) is 5.54. The van der Waals surface area contributed by atoms with Gasteiger partial charge in [-0.15, -0.1) is 11.3 Å². The summed E-state index contributed by atoms with van der Waals surface area (Å²) in [5.41, 5.74) is 2.42. The number of thiophene rings is 1. The number of nitrogens with one attached hydrogen (secondary N) is 1. The average molecular weight is 615 g/mol. The van der Waals surface area contributed by atoms with Crippen LogP contribution < -0.4 is 10.1 Å². The molecular formula is C26H18Br2FN3O2S. The molecule has 3 aromatic rings. The van der Waals surface area contributed by atoms with Gasteiger partial charge in [-0.2, -0.15) is 10.5 Å². The first kappa shape index (κ1) is 25.1. The fraction of sp³-hybridized carbons (Fsp3) is 0.192. The number of ether oxygens (including phenoxy) is 1. The van der Waals surface area contributed by atoms with Crippen LogP contribution in [0.15, 0.2) is 50.9 Å². The molecule has 1 N–H and O–H groups in total. The van der Waals surface area contributed by atoms with Gasteiger partial charge in [-0.3, -0.25) is 4.79 Å². The van der Waals surface area contributed by atoms with Gasteiger partial charge in [0.15, 0.2) is 0 Å². The topological polar surface area (TPSA) is 85.9 Å². The maximum Gasteiger partial charge on any atom is 0.266 e. The van der Waals surface area contributed by atoms with Gasteiger partial charge in [0, 0.05) is 10.4 Å². The van der Waals surface area contributed by atoms with E-state index in [1.54, 1.807) is 30.3 Å². The van der Waals surface area contributed by atoms with Crippen molar-refractivity contribution in [3.05, 3.63) is 83.9 Å². The van der Waals surface area contributed by atoms with Crippen molar-refractivity contribution in [1.82, 2.24) is 0 Å². The Balaban J connectivity index is 1.53. The zero-order valence-electron chi connectivity index (χ0n) is 18.3. The summed E-state index contributed by atoms with van der Waals surface area (Å²) in [5, 5.41) is 22.5. The van der Waals surface area contributed by atoms with Crippen LogP contribution in [0.2, 0.25) is 0 Å². The second kappa shape index (κ2) is 11.2. The van der Waals surface area contributed by atoms with Crippen molar-refractivity contribution in [2.75, 3.05) is 5.32 Å². The molecule has 4 rings (SSSR count). The van der Waals surface area contributed by atoms with Crippen molar-refractivity contribution in [3.8, 4) is 17.9 Å². The predicted octanol–water partition coefficient (Wildman–Crippen LogP) is 7.29. The minimum absolute atomic E-state index is 0.0386. The molecule has 0 aliphatic heterocycles. The molecular weight excluding hydrogens is 597 g/mol. The smallest absolute Gasteiger partial charge is 0.266 e. The summed E-state index contributed by atoms with van der Waals surface area (Å²) in [5.74, 6) is -0.457. The van der Waals surface area contributed by atoms with Crippen molar-refractivity contribution < 1.29 is 13.9 Å². The van der Waals surface area contributed by atoms with Crippen molar-refractivity contribution in [3.63, 3.8) is 0 Å². The predicted molar refractivity (Wildman–Crippen MR) is 140 cm³/mol. The molecule has 0 unspecified atom stereocenters. The van der Waals surface area contributed by atoms with Crippen LogP contribution in [0.3, 0.4) is 0 Å². The first-order valence-corrected chi connectivity index (χ1v) is 13.1. The van der Waals surface area contributed by atoms with E-state index in [9.17, 15) is 19.7 Å². The van der Waals surface area contributed by atoms with Crippen molar-refractivity contribution in [2.45, 2.75) is 32.3 Å². The van der Waals surface area contributed by atoms with Gasteiger partial charge in [0.05, 0.1) is 14.5 Å². The largest absolute Gasteiger partial charge is 0.486 e. The van der Waals surface area contributed by atoms with Gasteiger partial charge in [-0.25, -0.2) is 4.39 Å². The number of carbonyl (C=O) groups is 1. The van der Waals surface area contributed by atoms with E-state index in [-0.39, 0.29) is 18.0 Å². The molecule has 1 amide bonds. The highest BCUT2D eigenvalue weighted by Gasteiger charge is 2.23. The highest BCUT2D eigenvalue weighted by molar-refractivity contribution is 9.11. The molecule has 1 aliphatic carbocycles. The first-order chi connectivity index (χ1) is 16.9. The Bertz CT molecular complexity index is 1400. The van der Waals surface area contributed by atoms with Crippen LogP contribution in [0.25, 0.3) is 6.08 Å². The number of carbonyl (C=O) groups excluding carboxylic acids is 1. The van der Waals surface area contributed by atoms with E-state index in [0.717, 1.165) is 36.1 Å². The molecule has 5 nitrogen and oxygen atoms in total. The lowest BCUT2D eigenvalue weighted by Gasteiger charge is -2.12. The fourth-order valence-corrected chi connectivity index (χ4v) is 6.51. The maximum atomic E-state index is 13.9. The minimum atomic E-state index is -0.574. The standard InChI is InChI=1S/C26H18Br2FN3O2S/c27-20-10-15(11-21(28)24(20)34-14-16-5-1-3-7-22(16)29)9-17(12-30)25(33)32-26-19(13-31)18-6-2-4-8-23(18)35-26/h1,3,5,7,9-11H,2,4,6,8,14H2,(H,32,33)/b17-9+. The molecule has 35 heavy (non-hydrogen) atoms. The molecule has 1 aromatic heterocycles. The third kappa shape index (κ3) is 5.65. The molecule has 1 aliphatic rings. The number of halogens is 3. The Morgan fingerprint density at radius 3 is 2.57 bits per heavy atom. The number of nitrogens with zero attached hydrogens (tertiary/aromatic N) is 2. The summed E-state index contributed by atoms with van der Waals surface area (Å²) in [7, 11) is 0. The van der Waals surface area contributed by atoms with Gasteiger partial charge in [0.1, 0.15) is 40.9 Å². The SMILES string of the molecule is N#C/C(=C\c1cc(Br)c(OCc2ccccc2F)c(Br)c1)C(=O)Nc1sc2c(c1C#N)CCCC2. The van der Waals surface area contributed by atoms with Gasteiger partial charge in [-0.1, -0.05) is 18.2 Å². The molecule has 1 heterocycles. The van der Waals surface area contributed by atoms with Gasteiger partial charge in [-0.05, 0) is 92.9 Å². The molecule has 0 spiro atoms. The van der Waals surface area contributed by atoms with E-state index in [1.165, 1.54) is 23.5 Å². The van der Waals surface area contributed by atoms with Crippen LogP contribution in [-0.2, 0) is 24.2 Å². The zero-order chi connectivity index (χ0) is 24.9. The highest BCUT2D eigenvalue weighted by Crippen LogP contribution is 2.38. The van der Waals surface area contributed by atoms with Crippen LogP contribution in [-0.4, -0.2) is 5.91 Å². The number of fused-ring (bicyclic) bond motifs is 1. The summed E-state index contributed by atoms with van der Waals surface area (Å²) in [6.07, 6.45) is 5.29. The second-order valence-corrected chi connectivity index (χ2v) is 10.7. The summed E-state index contributed by atoms with van der Waals surface area (Å²) < 4.78 is 20.8. The van der Waals surface area contributed by atoms with E-state index < -0.39 is 5.91 Å². The Morgan fingerprint density at radius 1 is 1.17 bits per heavy atom. The van der Waals surface area contributed by atoms with Gasteiger partial charge in [0.2, 0.25) is 0 Å². The monoisotopic (exact) mass is 613 g/mol. The average Bonchev–Trinajstić information content (AvgIpc) is 3.19. The lowest BCUT2D eigenvalue weighted by Crippen LogP contribution is -2.13. The van der Waals surface area contributed by atoms with E-state index >= 15 is 0 Å². The third-order valence-corrected chi connectivity index (χ3v) is 7.92. The number of hydrogen-bond acceptors (Lipinski definition) is 5. The number of hydrogen-bond donors (Lipinski definition) is 1. The quantitative estimate of drug-likeness (QED) is 0.233. The second-order valence-electron chi connectivity index (χ2n) is 7.84. The number of rotatable bonds is 6. The molecule has 2 aromatic carbocycles. The first-order valence-electron chi connectivity index (χ1n) is 10.7. The number of anilines is 1. The lowest BCUT2D eigenvalue weighted by atomic mass is 9.96. The molecule has 0 atom stereocenters. The number of nitriles is 2. The van der Waals surface area contributed by atoms with Crippen molar-refractivity contribution in [1.29, 1.82) is 10.5 Å². The van der Waals surface area contributed by atoms with Gasteiger partial charge < -0.3 is 10.1 Å². The van der Waals surface area contributed by atoms with E-state index in [1.807, 2.05) is 6.07 Å². The fourth-order valence-electron chi connectivity index (χ4n) is 3.82. The summed E-state index contributed by atoms with van der Waals surface area (Å²) >= 11 is 8.31. The molecule has 0 fully saturated rings. The molecule has 0 bridgehead atoms. The molecule has 0 saturated heterocycles. The van der Waals surface area contributed by atoms with Crippen molar-refractivity contribution in [2.24, 2.45) is 0 Å². The van der Waals surface area contributed by atoms with E-state index in [4.69, 9.17) is 4.74 Å². The lowest BCUT2D eigenvalue weighted by molar-refractivity contribution is -0.112. The summed E-state index contributed by atoms with van der Waals surface area (Å²) in [4.78, 5) is 14.0. The zero-order valence-corrected chi connectivity index (χ0v) is 22.3. The van der Waals surface area contributed by atoms with E-state index in [2.05, 4.69) is 43.2 Å². The number of amides is 1. The Kier molecular flexibility index (Phi) is 8.02. The minimum Gasteiger partial charge on any atom is -0.486 e. The number of aryl methyl sites for hydroxylation is 1. The highest BCUT2D eigenvalue weighted by atomic mass is 79.9. The Labute approximate surface area is 223 Å². The Morgan fingerprint density at radius 2 is 1.89 bits per heavy atom. The normalized spacial score (nSPS) is 12.9. The molecule has 9 heteroatoms.